The first-order chi connectivity index (χ1) is 31.7. The average Bonchev–Trinajstić information content (AvgIpc) is 4.05. The Kier molecular flexibility index (Phi) is 18.0. The maximum absolute atomic E-state index is 14.1. The van der Waals surface area contributed by atoms with Crippen LogP contribution >= 0.6 is 11.3 Å². The van der Waals surface area contributed by atoms with E-state index in [4.69, 9.17) is 14.6 Å². The van der Waals surface area contributed by atoms with Crippen molar-refractivity contribution in [2.75, 3.05) is 52.7 Å². The van der Waals surface area contributed by atoms with Gasteiger partial charge in [0.2, 0.25) is 17.7 Å². The number of para-hydroxylation sites is 1. The molecule has 66 heavy (non-hydrogen) atoms. The Balaban J connectivity index is 0.943. The number of aliphatic hydroxyl groups excluding tert-OH is 2. The van der Waals surface area contributed by atoms with Gasteiger partial charge in [0.1, 0.15) is 18.7 Å². The maximum Gasteiger partial charge on any atom is 0.246 e. The number of carbonyl (C=O) groups excluding carboxylic acids is 4. The molecule has 14 nitrogen and oxygen atoms in total. The molecule has 5 aromatic rings. The molecule has 4 atom stereocenters. The largest absolute Gasteiger partial charge is 0.391 e. The SMILES string of the molecule is Cc1ncsc1-c1ccc([C@H](C)NC(=O)C2C[C@@H](O)CN2C(=O)[C@@H](NC(=O)CCOCCOCCN(CCc2c[nH]c3ccccc23)Cc2ccc(/C=C/C(=O)CO)cc2)C(C)(C)C)cc1. The van der Waals surface area contributed by atoms with Crippen molar-refractivity contribution >= 4 is 51.8 Å². The number of aliphatic hydroxyl groups is 2. The van der Waals surface area contributed by atoms with Crippen molar-refractivity contribution < 1.29 is 38.9 Å². The predicted octanol–water partition coefficient (Wildman–Crippen LogP) is 6.01. The molecule has 1 unspecified atom stereocenters. The Morgan fingerprint density at radius 2 is 1.70 bits per heavy atom. The molecule has 352 valence electrons. The van der Waals surface area contributed by atoms with Gasteiger partial charge in [-0.05, 0) is 65.6 Å². The number of nitrogens with one attached hydrogen (secondary N) is 3. The number of benzene rings is 3. The van der Waals surface area contributed by atoms with Crippen LogP contribution in [0.2, 0.25) is 0 Å². The van der Waals surface area contributed by atoms with Crippen molar-refractivity contribution in [1.29, 1.82) is 0 Å². The molecule has 15 heteroatoms. The minimum atomic E-state index is -0.940. The summed E-state index contributed by atoms with van der Waals surface area (Å²) in [5, 5.41) is 26.8. The Hall–Kier alpha value is -5.55. The number of amides is 3. The van der Waals surface area contributed by atoms with Crippen LogP contribution in [0.5, 0.6) is 0 Å². The molecule has 0 aliphatic carbocycles. The monoisotopic (exact) mass is 920 g/mol. The van der Waals surface area contributed by atoms with Crippen molar-refractivity contribution in [2.45, 2.75) is 84.7 Å². The van der Waals surface area contributed by atoms with E-state index in [1.165, 1.54) is 21.9 Å². The molecule has 5 N–H and O–H groups in total. The Bertz CT molecular complexity index is 2410. The van der Waals surface area contributed by atoms with Gasteiger partial charge >= 0.3 is 0 Å². The molecule has 1 aliphatic heterocycles. The minimum absolute atomic E-state index is 0.0106. The van der Waals surface area contributed by atoms with Gasteiger partial charge in [-0.3, -0.25) is 24.1 Å². The third-order valence-electron chi connectivity index (χ3n) is 11.8. The lowest BCUT2D eigenvalue weighted by molar-refractivity contribution is -0.144. The lowest BCUT2D eigenvalue weighted by Crippen LogP contribution is -2.58. The number of ether oxygens (including phenoxy) is 2. The highest BCUT2D eigenvalue weighted by atomic mass is 32.1. The molecule has 0 spiro atoms. The van der Waals surface area contributed by atoms with Crippen LogP contribution in [0.3, 0.4) is 0 Å². The molecule has 3 heterocycles. The number of fused-ring (bicyclic) bond motifs is 1. The zero-order valence-corrected chi connectivity index (χ0v) is 39.4. The second-order valence-electron chi connectivity index (χ2n) is 17.9. The zero-order chi connectivity index (χ0) is 47.2. The van der Waals surface area contributed by atoms with Crippen LogP contribution in [0.1, 0.15) is 74.5 Å². The third kappa shape index (κ3) is 14.0. The van der Waals surface area contributed by atoms with Crippen molar-refractivity contribution in [2.24, 2.45) is 5.41 Å². The van der Waals surface area contributed by atoms with E-state index in [0.717, 1.165) is 51.3 Å². The van der Waals surface area contributed by atoms with Crippen LogP contribution in [0.4, 0.5) is 0 Å². The topological polar surface area (TPSA) is 186 Å². The summed E-state index contributed by atoms with van der Waals surface area (Å²) < 4.78 is 11.7. The van der Waals surface area contributed by atoms with E-state index in [-0.39, 0.29) is 56.2 Å². The second-order valence-corrected chi connectivity index (χ2v) is 18.8. The lowest BCUT2D eigenvalue weighted by Gasteiger charge is -2.35. The van der Waals surface area contributed by atoms with Gasteiger partial charge in [-0.1, -0.05) is 93.6 Å². The van der Waals surface area contributed by atoms with E-state index in [1.54, 1.807) is 17.4 Å². The van der Waals surface area contributed by atoms with Gasteiger partial charge in [-0.15, -0.1) is 11.3 Å². The maximum atomic E-state index is 14.1. The fourth-order valence-electron chi connectivity index (χ4n) is 8.05. The number of rotatable bonds is 23. The summed E-state index contributed by atoms with van der Waals surface area (Å²) in [4.78, 5) is 65.0. The summed E-state index contributed by atoms with van der Waals surface area (Å²) in [5.41, 5.74) is 8.39. The number of β-amino-alcohol motifs (C(OH)–C–C–N with tert-alkyl or cyclic N) is 1. The summed E-state index contributed by atoms with van der Waals surface area (Å²) in [7, 11) is 0. The Labute approximate surface area is 391 Å². The number of aryl methyl sites for hydroxylation is 1. The molecular formula is C51H64N6O8S. The molecule has 1 aliphatic rings. The highest BCUT2D eigenvalue weighted by molar-refractivity contribution is 7.13. The van der Waals surface area contributed by atoms with Gasteiger partial charge in [0.25, 0.3) is 0 Å². The number of hydrogen-bond donors (Lipinski definition) is 5. The van der Waals surface area contributed by atoms with E-state index in [0.29, 0.717) is 26.3 Å². The van der Waals surface area contributed by atoms with Crippen molar-refractivity contribution in [3.8, 4) is 10.4 Å². The molecule has 1 saturated heterocycles. The highest BCUT2D eigenvalue weighted by Gasteiger charge is 2.44. The van der Waals surface area contributed by atoms with Gasteiger partial charge in [-0.25, -0.2) is 4.98 Å². The average molecular weight is 921 g/mol. The predicted molar refractivity (Wildman–Crippen MR) is 257 cm³/mol. The molecule has 2 aromatic heterocycles. The molecule has 3 aromatic carbocycles. The van der Waals surface area contributed by atoms with Crippen LogP contribution in [0.25, 0.3) is 27.4 Å². The van der Waals surface area contributed by atoms with Gasteiger partial charge in [-0.2, -0.15) is 0 Å². The number of nitrogens with zero attached hydrogens (tertiary/aromatic N) is 3. The van der Waals surface area contributed by atoms with Crippen LogP contribution < -0.4 is 10.6 Å². The quantitative estimate of drug-likeness (QED) is 0.0384. The number of carbonyl (C=O) groups is 4. The number of thiazole rings is 1. The summed E-state index contributed by atoms with van der Waals surface area (Å²) in [6, 6.07) is 22.0. The normalized spacial score (nSPS) is 16.3. The Morgan fingerprint density at radius 1 is 0.970 bits per heavy atom. The van der Waals surface area contributed by atoms with Gasteiger partial charge < -0.3 is 40.2 Å². The molecule has 0 radical (unpaired) electrons. The molecular weight excluding hydrogens is 857 g/mol. The van der Waals surface area contributed by atoms with Crippen LogP contribution in [-0.2, 0) is 41.6 Å². The summed E-state index contributed by atoms with van der Waals surface area (Å²) >= 11 is 1.58. The van der Waals surface area contributed by atoms with Crippen molar-refractivity contribution in [3.05, 3.63) is 119 Å². The van der Waals surface area contributed by atoms with Crippen LogP contribution in [0, 0.1) is 12.3 Å². The number of hydrogen-bond acceptors (Lipinski definition) is 11. The van der Waals surface area contributed by atoms with E-state index >= 15 is 0 Å². The number of aromatic amines is 1. The zero-order valence-electron chi connectivity index (χ0n) is 38.6. The van der Waals surface area contributed by atoms with Gasteiger partial charge in [0, 0.05) is 56.1 Å². The fraction of sp³-hybridized carbons (Fsp3) is 0.431. The van der Waals surface area contributed by atoms with E-state index in [2.05, 4.69) is 43.8 Å². The number of likely N-dealkylation sites (tertiary alicyclic amines) is 1. The first-order valence-electron chi connectivity index (χ1n) is 22.6. The number of aromatic nitrogens is 2. The standard InChI is InChI=1S/C51H64N6O8S/c1-34(38-15-17-39(18-16-38)47-35(2)53-33-66-47)54-49(62)45-28-42(60)31-57(45)50(63)48(51(3,4)5)55-46(61)21-24-64-26-27-65-25-23-56(22-20-40-29-52-44-9-7-6-8-43(40)44)30-37-12-10-36(11-13-37)14-19-41(59)32-58/h6-19,29,33-34,42,45,48,52,58,60H,20-28,30-32H2,1-5H3,(H,54,62)(H,55,61)/b19-14+/t34-,42+,45?,48+/m0/s1. The smallest absolute Gasteiger partial charge is 0.246 e. The fourth-order valence-corrected chi connectivity index (χ4v) is 8.86. The van der Waals surface area contributed by atoms with E-state index < -0.39 is 36.1 Å². The molecule has 6 rings (SSSR count). The van der Waals surface area contributed by atoms with E-state index in [9.17, 15) is 24.3 Å². The van der Waals surface area contributed by atoms with E-state index in [1.807, 2.05) is 101 Å². The van der Waals surface area contributed by atoms with Crippen LogP contribution in [-0.4, -0.2) is 124 Å². The second kappa shape index (κ2) is 23.8. The molecule has 0 bridgehead atoms. The molecule has 3 amide bonds. The summed E-state index contributed by atoms with van der Waals surface area (Å²) in [6.07, 6.45) is 5.23. The Morgan fingerprint density at radius 3 is 2.39 bits per heavy atom. The third-order valence-corrected chi connectivity index (χ3v) is 12.8. The highest BCUT2D eigenvalue weighted by Crippen LogP contribution is 2.30. The van der Waals surface area contributed by atoms with Crippen LogP contribution in [0.15, 0.2) is 90.6 Å². The van der Waals surface area contributed by atoms with Crippen molar-refractivity contribution in [1.82, 2.24) is 30.4 Å². The molecule has 1 fully saturated rings. The first-order valence-corrected chi connectivity index (χ1v) is 23.5. The van der Waals surface area contributed by atoms with Gasteiger partial charge in [0.05, 0.1) is 54.7 Å². The number of H-pyrrole nitrogens is 1. The summed E-state index contributed by atoms with van der Waals surface area (Å²) in [6.45, 7) is 12.3. The first kappa shape index (κ1) is 49.9. The molecule has 0 saturated carbocycles. The van der Waals surface area contributed by atoms with Crippen molar-refractivity contribution in [3.63, 3.8) is 0 Å². The summed E-state index contributed by atoms with van der Waals surface area (Å²) in [5.74, 6) is -1.49. The number of ketones is 1. The van der Waals surface area contributed by atoms with Gasteiger partial charge in [0.15, 0.2) is 5.78 Å². The lowest BCUT2D eigenvalue weighted by atomic mass is 9.85. The minimum Gasteiger partial charge on any atom is -0.391 e.